The average Bonchev–Trinajstić information content (AvgIpc) is 3.07. The molecule has 1 aliphatic rings. The van der Waals surface area contributed by atoms with Crippen LogP contribution < -0.4 is 0 Å². The number of aliphatic imine (C=N–C) groups is 1. The van der Waals surface area contributed by atoms with Crippen LogP contribution in [0.1, 0.15) is 30.5 Å². The Hall–Kier alpha value is -1.80. The number of cyclic esters (lactones) is 1. The molecule has 0 amide bonds. The minimum Gasteiger partial charge on any atom is -0.402 e. The molecule has 10 heteroatoms. The van der Waals surface area contributed by atoms with Gasteiger partial charge in [-0.25, -0.2) is 9.79 Å². The Morgan fingerprint density at radius 1 is 1.12 bits per heavy atom. The van der Waals surface area contributed by atoms with Crippen LogP contribution in [0.4, 0.5) is 13.2 Å². The Bertz CT molecular complexity index is 1180. The van der Waals surface area contributed by atoms with Crippen molar-refractivity contribution in [2.45, 2.75) is 26.4 Å². The number of hydrogen-bond acceptors (Lipinski definition) is 3. The molecular weight excluding hydrogens is 554 g/mol. The Labute approximate surface area is 205 Å². The number of ether oxygens (including phenoxy) is 1. The molecule has 0 saturated carbocycles. The summed E-state index contributed by atoms with van der Waals surface area (Å²) in [6.07, 6.45) is -3.62. The van der Waals surface area contributed by atoms with Gasteiger partial charge in [0.1, 0.15) is 0 Å². The third kappa shape index (κ3) is 5.39. The number of allylic oxidation sites excluding steroid dienone is 3. The second-order valence-corrected chi connectivity index (χ2v) is 9.09. The molecule has 168 valence electrons. The van der Waals surface area contributed by atoms with Crippen molar-refractivity contribution < 1.29 is 22.7 Å². The van der Waals surface area contributed by atoms with Gasteiger partial charge in [0.15, 0.2) is 5.70 Å². The van der Waals surface area contributed by atoms with E-state index in [4.69, 9.17) is 39.5 Å². The van der Waals surface area contributed by atoms with E-state index in [9.17, 15) is 18.0 Å². The van der Waals surface area contributed by atoms with E-state index in [1.165, 1.54) is 0 Å². The first-order chi connectivity index (χ1) is 14.9. The summed E-state index contributed by atoms with van der Waals surface area (Å²) in [5, 5.41) is -0.150. The minimum absolute atomic E-state index is 0.00933. The van der Waals surface area contributed by atoms with Crippen molar-refractivity contribution in [1.29, 1.82) is 0 Å². The monoisotopic (exact) mass is 565 g/mol. The van der Waals surface area contributed by atoms with Crippen LogP contribution in [0, 0.1) is 0 Å². The molecule has 32 heavy (non-hydrogen) atoms. The van der Waals surface area contributed by atoms with Gasteiger partial charge < -0.3 is 4.74 Å². The first-order valence-electron chi connectivity index (χ1n) is 9.08. The summed E-state index contributed by atoms with van der Waals surface area (Å²) in [5.41, 5.74) is 0.962. The number of hydrogen-bond donors (Lipinski definition) is 0. The molecular formula is C22H14BrCl3F3NO2. The van der Waals surface area contributed by atoms with Crippen molar-refractivity contribution >= 4 is 68.2 Å². The molecule has 0 radical (unpaired) electrons. The first kappa shape index (κ1) is 24.8. The van der Waals surface area contributed by atoms with Crippen molar-refractivity contribution in [3.63, 3.8) is 0 Å². The number of alkyl halides is 3. The molecule has 2 aromatic carbocycles. The normalized spacial score (nSPS) is 14.5. The zero-order chi connectivity index (χ0) is 23.8. The maximum Gasteiger partial charge on any atom is 0.416 e. The van der Waals surface area contributed by atoms with Gasteiger partial charge in [-0.05, 0) is 77.2 Å². The molecule has 1 heterocycles. The lowest BCUT2D eigenvalue weighted by atomic mass is 10.0. The van der Waals surface area contributed by atoms with Gasteiger partial charge >= 0.3 is 12.1 Å². The summed E-state index contributed by atoms with van der Waals surface area (Å²) in [5.74, 6) is -0.421. The largest absolute Gasteiger partial charge is 0.416 e. The van der Waals surface area contributed by atoms with Crippen molar-refractivity contribution in [2.24, 2.45) is 4.99 Å². The van der Waals surface area contributed by atoms with Crippen LogP contribution >= 0.6 is 50.7 Å². The zero-order valence-corrected chi connectivity index (χ0v) is 20.4. The number of carbonyl (C=O) groups is 1. The van der Waals surface area contributed by atoms with E-state index < -0.39 is 17.7 Å². The summed E-state index contributed by atoms with van der Waals surface area (Å²) in [4.78, 5) is 16.1. The highest BCUT2D eigenvalue weighted by Crippen LogP contribution is 2.39. The Morgan fingerprint density at radius 2 is 1.75 bits per heavy atom. The van der Waals surface area contributed by atoms with Crippen LogP contribution in [0.2, 0.25) is 15.1 Å². The fraction of sp³-hybridized carbons (Fsp3) is 0.182. The average molecular weight is 568 g/mol. The Kier molecular flexibility index (Phi) is 7.44. The summed E-state index contributed by atoms with van der Waals surface area (Å²) < 4.78 is 46.8. The van der Waals surface area contributed by atoms with Crippen LogP contribution in [0.3, 0.4) is 0 Å². The fourth-order valence-corrected chi connectivity index (χ4v) is 4.12. The molecule has 0 spiro atoms. The van der Waals surface area contributed by atoms with Crippen LogP contribution in [0.5, 0.6) is 0 Å². The Balaban J connectivity index is 1.92. The van der Waals surface area contributed by atoms with Gasteiger partial charge in [-0.2, -0.15) is 13.2 Å². The van der Waals surface area contributed by atoms with E-state index in [1.54, 1.807) is 32.0 Å². The van der Waals surface area contributed by atoms with Crippen LogP contribution in [0.15, 0.2) is 57.1 Å². The molecule has 0 saturated heterocycles. The van der Waals surface area contributed by atoms with Gasteiger partial charge in [0.25, 0.3) is 0 Å². The second kappa shape index (κ2) is 9.59. The predicted octanol–water partition coefficient (Wildman–Crippen LogP) is 8.20. The highest BCUT2D eigenvalue weighted by Gasteiger charge is 2.35. The quantitative estimate of drug-likeness (QED) is 0.212. The van der Waals surface area contributed by atoms with E-state index in [-0.39, 0.29) is 38.6 Å². The SMILES string of the molecule is CC(C)=C1N=C(c2ccc(CC=C(c3cc(Cl)c(Cl)c(Cl)c3)C(F)(F)F)cc2Br)OC1=O. The molecule has 0 fully saturated rings. The topological polar surface area (TPSA) is 38.7 Å². The highest BCUT2D eigenvalue weighted by molar-refractivity contribution is 9.10. The number of benzene rings is 2. The number of nitrogens with zero attached hydrogens (tertiary/aromatic N) is 1. The minimum atomic E-state index is -4.63. The van der Waals surface area contributed by atoms with Crippen LogP contribution in [0.25, 0.3) is 5.57 Å². The molecule has 0 N–H and O–H groups in total. The number of rotatable bonds is 4. The van der Waals surface area contributed by atoms with Crippen LogP contribution in [-0.2, 0) is 16.0 Å². The van der Waals surface area contributed by atoms with E-state index >= 15 is 0 Å². The fourth-order valence-electron chi connectivity index (χ4n) is 2.92. The summed E-state index contributed by atoms with van der Waals surface area (Å²) >= 11 is 21.0. The molecule has 0 aliphatic carbocycles. The first-order valence-corrected chi connectivity index (χ1v) is 11.0. The standard InChI is InChI=1S/C22H14BrCl3F3NO2/c1-10(2)19-21(31)32-20(30-19)13-5-3-11(7-15(13)23)4-6-14(22(27,28)29)12-8-16(24)18(26)17(25)9-12/h3,5-9H,4H2,1-2H3. The second-order valence-electron chi connectivity index (χ2n) is 7.04. The van der Waals surface area contributed by atoms with Gasteiger partial charge in [0.2, 0.25) is 5.90 Å². The molecule has 3 nitrogen and oxygen atoms in total. The Morgan fingerprint density at radius 3 is 2.25 bits per heavy atom. The van der Waals surface area contributed by atoms with Crippen molar-refractivity contribution in [2.75, 3.05) is 0 Å². The molecule has 1 aliphatic heterocycles. The number of halogens is 7. The predicted molar refractivity (Wildman–Crippen MR) is 124 cm³/mol. The maximum absolute atomic E-state index is 13.7. The van der Waals surface area contributed by atoms with Gasteiger partial charge in [-0.3, -0.25) is 0 Å². The van der Waals surface area contributed by atoms with Crippen molar-refractivity contribution in [1.82, 2.24) is 0 Å². The number of carbonyl (C=O) groups excluding carboxylic acids is 1. The molecule has 0 aromatic heterocycles. The van der Waals surface area contributed by atoms with E-state index in [2.05, 4.69) is 20.9 Å². The maximum atomic E-state index is 13.7. The lowest BCUT2D eigenvalue weighted by molar-refractivity contribution is -0.130. The van der Waals surface area contributed by atoms with E-state index in [0.29, 0.717) is 21.2 Å². The zero-order valence-electron chi connectivity index (χ0n) is 16.6. The van der Waals surface area contributed by atoms with Crippen molar-refractivity contribution in [3.05, 3.63) is 83.9 Å². The molecule has 3 rings (SSSR count). The summed E-state index contributed by atoms with van der Waals surface area (Å²) in [6.45, 7) is 3.49. The lowest BCUT2D eigenvalue weighted by Crippen LogP contribution is -2.11. The number of esters is 1. The summed E-state index contributed by atoms with van der Waals surface area (Å²) in [7, 11) is 0. The van der Waals surface area contributed by atoms with Gasteiger partial charge in [-0.15, -0.1) is 0 Å². The van der Waals surface area contributed by atoms with E-state index in [1.807, 2.05) is 0 Å². The molecule has 2 aromatic rings. The highest BCUT2D eigenvalue weighted by atomic mass is 79.9. The molecule has 0 unspecified atom stereocenters. The van der Waals surface area contributed by atoms with Crippen LogP contribution in [-0.4, -0.2) is 18.0 Å². The molecule has 0 bridgehead atoms. The smallest absolute Gasteiger partial charge is 0.402 e. The van der Waals surface area contributed by atoms with Gasteiger partial charge in [0, 0.05) is 4.47 Å². The van der Waals surface area contributed by atoms with Crippen molar-refractivity contribution in [3.8, 4) is 0 Å². The van der Waals surface area contributed by atoms with Gasteiger partial charge in [-0.1, -0.05) is 46.9 Å². The van der Waals surface area contributed by atoms with E-state index in [0.717, 1.165) is 18.2 Å². The third-order valence-corrected chi connectivity index (χ3v) is 6.33. The molecule has 0 atom stereocenters. The third-order valence-electron chi connectivity index (χ3n) is 4.48. The summed E-state index contributed by atoms with van der Waals surface area (Å²) in [6, 6.07) is 7.14. The lowest BCUT2D eigenvalue weighted by Gasteiger charge is -2.14. The van der Waals surface area contributed by atoms with Gasteiger partial charge in [0.05, 0.1) is 26.2 Å².